The first-order valence-electron chi connectivity index (χ1n) is 8.09. The molecule has 1 amide bonds. The molecular formula is C19H22N2O2S. The quantitative estimate of drug-likeness (QED) is 0.579. The highest BCUT2D eigenvalue weighted by Crippen LogP contribution is 2.16. The fraction of sp³-hybridized carbons (Fsp3) is 0.263. The monoisotopic (exact) mass is 342 g/mol. The number of carbonyl (C=O) groups is 1. The van der Waals surface area contributed by atoms with E-state index in [1.165, 1.54) is 12.8 Å². The lowest BCUT2D eigenvalue weighted by Crippen LogP contribution is -2.34. The largest absolute Gasteiger partial charge is 0.494 e. The van der Waals surface area contributed by atoms with Gasteiger partial charge in [-0.05, 0) is 55.0 Å². The van der Waals surface area contributed by atoms with Crippen molar-refractivity contribution in [1.29, 1.82) is 0 Å². The van der Waals surface area contributed by atoms with Gasteiger partial charge >= 0.3 is 0 Å². The minimum Gasteiger partial charge on any atom is -0.494 e. The molecule has 0 bridgehead atoms. The van der Waals surface area contributed by atoms with Crippen molar-refractivity contribution in [1.82, 2.24) is 5.32 Å². The molecule has 2 aromatic carbocycles. The molecule has 2 N–H and O–H groups in total. The van der Waals surface area contributed by atoms with Crippen LogP contribution in [-0.4, -0.2) is 17.6 Å². The third-order valence-corrected chi connectivity index (χ3v) is 3.60. The van der Waals surface area contributed by atoms with E-state index in [1.54, 1.807) is 12.1 Å². The van der Waals surface area contributed by atoms with E-state index < -0.39 is 0 Å². The summed E-state index contributed by atoms with van der Waals surface area (Å²) >= 11 is 5.17. The van der Waals surface area contributed by atoms with Crippen LogP contribution in [0.4, 0.5) is 5.69 Å². The average molecular weight is 342 g/mol. The second-order valence-corrected chi connectivity index (χ2v) is 5.76. The molecule has 0 aliphatic rings. The molecular weight excluding hydrogens is 320 g/mol. The Hall–Kier alpha value is -2.40. The maximum absolute atomic E-state index is 12.0. The Balaban J connectivity index is 1.80. The summed E-state index contributed by atoms with van der Waals surface area (Å²) in [7, 11) is 0. The van der Waals surface area contributed by atoms with E-state index >= 15 is 0 Å². The molecule has 0 aliphatic carbocycles. The van der Waals surface area contributed by atoms with Gasteiger partial charge in [-0.15, -0.1) is 0 Å². The fourth-order valence-corrected chi connectivity index (χ4v) is 2.31. The van der Waals surface area contributed by atoms with Crippen LogP contribution in [0.15, 0.2) is 54.6 Å². The average Bonchev–Trinajstić information content (AvgIpc) is 2.61. The Bertz CT molecular complexity index is 657. The van der Waals surface area contributed by atoms with Gasteiger partial charge in [-0.3, -0.25) is 10.1 Å². The standard InChI is InChI=1S/C19H22N2O2S/c1-2-3-7-14-23-17-12-10-16(11-13-17)20-19(24)21-18(22)15-8-5-4-6-9-15/h4-6,8-13H,2-3,7,14H2,1H3,(H2,20,21,22,24). The van der Waals surface area contributed by atoms with Crippen LogP contribution >= 0.6 is 12.2 Å². The summed E-state index contributed by atoms with van der Waals surface area (Å²) in [4.78, 5) is 12.0. The molecule has 0 fully saturated rings. The molecule has 0 aromatic heterocycles. The van der Waals surface area contributed by atoms with Crippen LogP contribution in [0.5, 0.6) is 5.75 Å². The van der Waals surface area contributed by atoms with Gasteiger partial charge in [-0.1, -0.05) is 38.0 Å². The van der Waals surface area contributed by atoms with Crippen molar-refractivity contribution in [2.45, 2.75) is 26.2 Å². The maximum atomic E-state index is 12.0. The van der Waals surface area contributed by atoms with Gasteiger partial charge in [0.1, 0.15) is 5.75 Å². The highest BCUT2D eigenvalue weighted by Gasteiger charge is 2.07. The van der Waals surface area contributed by atoms with Gasteiger partial charge in [0.05, 0.1) is 6.61 Å². The normalized spacial score (nSPS) is 10.0. The van der Waals surface area contributed by atoms with Crippen LogP contribution < -0.4 is 15.4 Å². The first kappa shape index (κ1) is 17.9. The molecule has 126 valence electrons. The van der Waals surface area contributed by atoms with Gasteiger partial charge in [0, 0.05) is 11.3 Å². The lowest BCUT2D eigenvalue weighted by Gasteiger charge is -2.11. The van der Waals surface area contributed by atoms with Crippen molar-refractivity contribution >= 4 is 28.9 Å². The second-order valence-electron chi connectivity index (χ2n) is 5.35. The van der Waals surface area contributed by atoms with E-state index in [4.69, 9.17) is 17.0 Å². The van der Waals surface area contributed by atoms with Gasteiger partial charge in [-0.25, -0.2) is 0 Å². The molecule has 2 aromatic rings. The van der Waals surface area contributed by atoms with Crippen molar-refractivity contribution in [2.75, 3.05) is 11.9 Å². The van der Waals surface area contributed by atoms with Crippen molar-refractivity contribution in [3.63, 3.8) is 0 Å². The molecule has 0 aliphatic heterocycles. The Labute approximate surface area is 148 Å². The van der Waals surface area contributed by atoms with Crippen LogP contribution in [-0.2, 0) is 0 Å². The fourth-order valence-electron chi connectivity index (χ4n) is 2.10. The molecule has 0 spiro atoms. The highest BCUT2D eigenvalue weighted by atomic mass is 32.1. The first-order chi connectivity index (χ1) is 11.7. The summed E-state index contributed by atoms with van der Waals surface area (Å²) in [6.45, 7) is 2.89. The van der Waals surface area contributed by atoms with Crippen molar-refractivity contribution in [3.8, 4) is 5.75 Å². The number of amides is 1. The second kappa shape index (κ2) is 9.67. The molecule has 4 nitrogen and oxygen atoms in total. The Kier molecular flexibility index (Phi) is 7.23. The van der Waals surface area contributed by atoms with Crippen molar-refractivity contribution in [3.05, 3.63) is 60.2 Å². The first-order valence-corrected chi connectivity index (χ1v) is 8.50. The molecule has 0 saturated carbocycles. The zero-order valence-electron chi connectivity index (χ0n) is 13.7. The van der Waals surface area contributed by atoms with Crippen LogP contribution in [0.1, 0.15) is 36.5 Å². The van der Waals surface area contributed by atoms with Crippen LogP contribution in [0, 0.1) is 0 Å². The van der Waals surface area contributed by atoms with Crippen LogP contribution in [0.25, 0.3) is 0 Å². The lowest BCUT2D eigenvalue weighted by molar-refractivity contribution is 0.0977. The summed E-state index contributed by atoms with van der Waals surface area (Å²) in [5.74, 6) is 0.597. The summed E-state index contributed by atoms with van der Waals surface area (Å²) in [5.41, 5.74) is 1.37. The lowest BCUT2D eigenvalue weighted by atomic mass is 10.2. The van der Waals surface area contributed by atoms with E-state index in [1.807, 2.05) is 42.5 Å². The Morgan fingerprint density at radius 2 is 1.75 bits per heavy atom. The third kappa shape index (κ3) is 6.01. The number of anilines is 1. The van der Waals surface area contributed by atoms with Gasteiger partial charge in [-0.2, -0.15) is 0 Å². The van der Waals surface area contributed by atoms with E-state index in [9.17, 15) is 4.79 Å². The van der Waals surface area contributed by atoms with Gasteiger partial charge in [0.2, 0.25) is 0 Å². The van der Waals surface area contributed by atoms with E-state index in [0.717, 1.165) is 24.5 Å². The number of hydrogen-bond acceptors (Lipinski definition) is 3. The number of thiocarbonyl (C=S) groups is 1. The summed E-state index contributed by atoms with van der Waals surface area (Å²) in [6, 6.07) is 16.5. The number of nitrogens with one attached hydrogen (secondary N) is 2. The van der Waals surface area contributed by atoms with E-state index in [2.05, 4.69) is 17.6 Å². The Morgan fingerprint density at radius 3 is 2.42 bits per heavy atom. The third-order valence-electron chi connectivity index (χ3n) is 3.39. The number of ether oxygens (including phenoxy) is 1. The summed E-state index contributed by atoms with van der Waals surface area (Å²) < 4.78 is 5.66. The molecule has 24 heavy (non-hydrogen) atoms. The topological polar surface area (TPSA) is 50.4 Å². The molecule has 0 heterocycles. The van der Waals surface area contributed by atoms with Gasteiger partial charge < -0.3 is 10.1 Å². The minimum atomic E-state index is -0.232. The SMILES string of the molecule is CCCCCOc1ccc(NC(=S)NC(=O)c2ccccc2)cc1. The minimum absolute atomic E-state index is 0.232. The zero-order chi connectivity index (χ0) is 17.2. The molecule has 0 saturated heterocycles. The molecule has 5 heteroatoms. The Morgan fingerprint density at radius 1 is 1.04 bits per heavy atom. The number of carbonyl (C=O) groups excluding carboxylic acids is 1. The predicted octanol–water partition coefficient (Wildman–Crippen LogP) is 4.38. The molecule has 0 atom stereocenters. The number of unbranched alkanes of at least 4 members (excludes halogenated alkanes) is 2. The van der Waals surface area contributed by atoms with Gasteiger partial charge in [0.25, 0.3) is 5.91 Å². The predicted molar refractivity (Wildman–Crippen MR) is 102 cm³/mol. The summed E-state index contributed by atoms with van der Waals surface area (Å²) in [6.07, 6.45) is 3.42. The van der Waals surface area contributed by atoms with E-state index in [0.29, 0.717) is 5.56 Å². The highest BCUT2D eigenvalue weighted by molar-refractivity contribution is 7.80. The molecule has 0 unspecified atom stereocenters. The smallest absolute Gasteiger partial charge is 0.257 e. The van der Waals surface area contributed by atoms with Crippen LogP contribution in [0.2, 0.25) is 0 Å². The molecule has 0 radical (unpaired) electrons. The van der Waals surface area contributed by atoms with E-state index in [-0.39, 0.29) is 11.0 Å². The van der Waals surface area contributed by atoms with Crippen LogP contribution in [0.3, 0.4) is 0 Å². The van der Waals surface area contributed by atoms with Crippen molar-refractivity contribution in [2.24, 2.45) is 0 Å². The van der Waals surface area contributed by atoms with Gasteiger partial charge in [0.15, 0.2) is 5.11 Å². The maximum Gasteiger partial charge on any atom is 0.257 e. The number of rotatable bonds is 7. The zero-order valence-corrected chi connectivity index (χ0v) is 14.6. The number of hydrogen-bond donors (Lipinski definition) is 2. The number of benzene rings is 2. The molecule has 2 rings (SSSR count). The van der Waals surface area contributed by atoms with Crippen molar-refractivity contribution < 1.29 is 9.53 Å². The summed E-state index contributed by atoms with van der Waals surface area (Å²) in [5, 5.41) is 5.91.